The smallest absolute Gasteiger partial charge is 0.261 e. The van der Waals surface area contributed by atoms with Crippen molar-refractivity contribution in [2.75, 3.05) is 6.61 Å². The van der Waals surface area contributed by atoms with Gasteiger partial charge in [-0.3, -0.25) is 9.59 Å². The molecule has 0 aliphatic heterocycles. The third kappa shape index (κ3) is 8.26. The van der Waals surface area contributed by atoms with Crippen molar-refractivity contribution in [1.29, 1.82) is 0 Å². The van der Waals surface area contributed by atoms with Crippen LogP contribution in [-0.2, 0) is 22.6 Å². The van der Waals surface area contributed by atoms with Crippen molar-refractivity contribution in [3.63, 3.8) is 0 Å². The molecule has 3 aromatic carbocycles. The van der Waals surface area contributed by atoms with Crippen LogP contribution < -0.4 is 10.1 Å². The second kappa shape index (κ2) is 13.7. The van der Waals surface area contributed by atoms with Crippen LogP contribution in [0.1, 0.15) is 31.4 Å². The van der Waals surface area contributed by atoms with Crippen LogP contribution >= 0.6 is 39.1 Å². The van der Waals surface area contributed by atoms with Gasteiger partial charge in [-0.1, -0.05) is 82.5 Å². The summed E-state index contributed by atoms with van der Waals surface area (Å²) >= 11 is 15.9. The number of nitrogens with zero attached hydrogens (tertiary/aromatic N) is 1. The van der Waals surface area contributed by atoms with Crippen LogP contribution in [-0.4, -0.2) is 35.4 Å². The molecule has 0 fully saturated rings. The Morgan fingerprint density at radius 2 is 1.72 bits per heavy atom. The summed E-state index contributed by atoms with van der Waals surface area (Å²) in [4.78, 5) is 28.6. The van der Waals surface area contributed by atoms with E-state index in [4.69, 9.17) is 27.9 Å². The molecule has 0 saturated heterocycles. The van der Waals surface area contributed by atoms with Gasteiger partial charge >= 0.3 is 0 Å². The molecule has 3 rings (SSSR count). The van der Waals surface area contributed by atoms with Crippen molar-refractivity contribution in [1.82, 2.24) is 10.2 Å². The lowest BCUT2D eigenvalue weighted by Crippen LogP contribution is -2.53. The summed E-state index contributed by atoms with van der Waals surface area (Å²) in [6.07, 6.45) is 1.12. The second-order valence-corrected chi connectivity index (χ2v) is 10.3. The van der Waals surface area contributed by atoms with Crippen LogP contribution in [0.25, 0.3) is 0 Å². The van der Waals surface area contributed by atoms with E-state index in [0.717, 1.165) is 16.5 Å². The van der Waals surface area contributed by atoms with Gasteiger partial charge in [-0.15, -0.1) is 0 Å². The van der Waals surface area contributed by atoms with E-state index < -0.39 is 6.04 Å². The van der Waals surface area contributed by atoms with Crippen molar-refractivity contribution in [2.24, 2.45) is 0 Å². The van der Waals surface area contributed by atoms with Gasteiger partial charge in [0.05, 0.1) is 0 Å². The number of rotatable bonds is 11. The van der Waals surface area contributed by atoms with Crippen LogP contribution in [0, 0.1) is 0 Å². The van der Waals surface area contributed by atoms with Crippen LogP contribution in [0.2, 0.25) is 10.0 Å². The first-order valence-electron chi connectivity index (χ1n) is 11.7. The van der Waals surface area contributed by atoms with Gasteiger partial charge in [-0.05, 0) is 60.9 Å². The molecule has 0 aliphatic carbocycles. The monoisotopic (exact) mass is 590 g/mol. The number of amides is 2. The predicted octanol–water partition coefficient (Wildman–Crippen LogP) is 6.69. The minimum absolute atomic E-state index is 0.0362. The van der Waals surface area contributed by atoms with E-state index >= 15 is 0 Å². The Morgan fingerprint density at radius 1 is 1.03 bits per heavy atom. The fourth-order valence-corrected chi connectivity index (χ4v) is 4.32. The molecule has 0 aliphatic rings. The lowest BCUT2D eigenvalue weighted by molar-refractivity contribution is -0.143. The van der Waals surface area contributed by atoms with Crippen LogP contribution in [0.4, 0.5) is 0 Å². The summed E-state index contributed by atoms with van der Waals surface area (Å²) in [5.41, 5.74) is 1.63. The van der Waals surface area contributed by atoms with Crippen molar-refractivity contribution < 1.29 is 14.3 Å². The van der Waals surface area contributed by atoms with Gasteiger partial charge in [0.2, 0.25) is 5.91 Å². The first kappa shape index (κ1) is 28.0. The van der Waals surface area contributed by atoms with E-state index in [1.54, 1.807) is 35.2 Å². The molecule has 0 bridgehead atoms. The van der Waals surface area contributed by atoms with Crippen molar-refractivity contribution in [2.45, 2.75) is 45.3 Å². The quantitative estimate of drug-likeness (QED) is 0.270. The molecule has 0 aromatic heterocycles. The zero-order valence-electron chi connectivity index (χ0n) is 20.2. The Morgan fingerprint density at radius 3 is 2.36 bits per heavy atom. The van der Waals surface area contributed by atoms with E-state index in [1.165, 1.54) is 0 Å². The summed E-state index contributed by atoms with van der Waals surface area (Å²) in [6, 6.07) is 21.2. The van der Waals surface area contributed by atoms with E-state index in [1.807, 2.05) is 56.3 Å². The molecular weight excluding hydrogens is 563 g/mol. The summed E-state index contributed by atoms with van der Waals surface area (Å²) in [5.74, 6) is -0.000796. The average molecular weight is 592 g/mol. The molecule has 36 heavy (non-hydrogen) atoms. The first-order chi connectivity index (χ1) is 17.3. The third-order valence-electron chi connectivity index (χ3n) is 5.80. The summed E-state index contributed by atoms with van der Waals surface area (Å²) in [6.45, 7) is 3.84. The van der Waals surface area contributed by atoms with E-state index in [-0.39, 0.29) is 31.0 Å². The topological polar surface area (TPSA) is 58.6 Å². The molecular formula is C28H29BrCl2N2O3. The number of benzene rings is 3. The van der Waals surface area contributed by atoms with Crippen molar-refractivity contribution >= 4 is 50.9 Å². The Bertz CT molecular complexity index is 1160. The SMILES string of the molecule is CC[C@@H](C)NC(=O)[C@@H](Cc1ccccc1)N(Cc1ccc(Cl)cc1Cl)C(=O)COc1ccc(Br)cc1. The van der Waals surface area contributed by atoms with Crippen LogP contribution in [0.15, 0.2) is 77.3 Å². The van der Waals surface area contributed by atoms with Gasteiger partial charge in [-0.2, -0.15) is 0 Å². The van der Waals surface area contributed by atoms with Gasteiger partial charge in [0.15, 0.2) is 6.61 Å². The highest BCUT2D eigenvalue weighted by Crippen LogP contribution is 2.24. The minimum atomic E-state index is -0.769. The molecule has 1 N–H and O–H groups in total. The molecule has 0 unspecified atom stereocenters. The number of halogens is 3. The molecule has 2 amide bonds. The van der Waals surface area contributed by atoms with Gasteiger partial charge < -0.3 is 15.0 Å². The van der Waals surface area contributed by atoms with E-state index in [2.05, 4.69) is 21.2 Å². The molecule has 3 aromatic rings. The van der Waals surface area contributed by atoms with Crippen molar-refractivity contribution in [3.8, 4) is 5.75 Å². The summed E-state index contributed by atoms with van der Waals surface area (Å²) < 4.78 is 6.68. The molecule has 0 spiro atoms. The third-order valence-corrected chi connectivity index (χ3v) is 6.92. The number of ether oxygens (including phenoxy) is 1. The van der Waals surface area contributed by atoms with Crippen LogP contribution in [0.5, 0.6) is 5.75 Å². The van der Waals surface area contributed by atoms with E-state index in [0.29, 0.717) is 27.8 Å². The Kier molecular flexibility index (Phi) is 10.7. The molecule has 0 heterocycles. The fourth-order valence-electron chi connectivity index (χ4n) is 3.59. The van der Waals surface area contributed by atoms with Gasteiger partial charge in [0.25, 0.3) is 5.91 Å². The normalized spacial score (nSPS) is 12.5. The maximum Gasteiger partial charge on any atom is 0.261 e. The summed E-state index contributed by atoms with van der Waals surface area (Å²) in [5, 5.41) is 3.96. The standard InChI is InChI=1S/C28H29BrCl2N2O3/c1-3-19(2)32-28(35)26(15-20-7-5-4-6-8-20)33(17-21-9-12-23(30)16-25(21)31)27(34)18-36-24-13-10-22(29)11-14-24/h4-14,16,19,26H,3,15,17-18H2,1-2H3,(H,32,35)/t19-,26-/m1/s1. The maximum atomic E-state index is 13.6. The lowest BCUT2D eigenvalue weighted by Gasteiger charge is -2.32. The zero-order valence-corrected chi connectivity index (χ0v) is 23.3. The average Bonchev–Trinajstić information content (AvgIpc) is 2.87. The van der Waals surface area contributed by atoms with Crippen LogP contribution in [0.3, 0.4) is 0 Å². The molecule has 0 radical (unpaired) electrons. The molecule has 2 atom stereocenters. The first-order valence-corrected chi connectivity index (χ1v) is 13.3. The number of hydrogen-bond donors (Lipinski definition) is 1. The van der Waals surface area contributed by atoms with E-state index in [9.17, 15) is 9.59 Å². The maximum absolute atomic E-state index is 13.6. The Hall–Kier alpha value is -2.54. The van der Waals surface area contributed by atoms with Gasteiger partial charge in [0.1, 0.15) is 11.8 Å². The van der Waals surface area contributed by atoms with Crippen molar-refractivity contribution in [3.05, 3.63) is 98.4 Å². The molecule has 190 valence electrons. The number of carbonyl (C=O) groups is 2. The Labute approximate surface area is 230 Å². The number of hydrogen-bond acceptors (Lipinski definition) is 3. The molecule has 0 saturated carbocycles. The zero-order chi connectivity index (χ0) is 26.1. The fraction of sp³-hybridized carbons (Fsp3) is 0.286. The minimum Gasteiger partial charge on any atom is -0.484 e. The Balaban J connectivity index is 1.93. The highest BCUT2D eigenvalue weighted by atomic mass is 79.9. The highest BCUT2D eigenvalue weighted by Gasteiger charge is 2.31. The largest absolute Gasteiger partial charge is 0.484 e. The predicted molar refractivity (Wildman–Crippen MR) is 148 cm³/mol. The lowest BCUT2D eigenvalue weighted by atomic mass is 10.0. The molecule has 8 heteroatoms. The molecule has 5 nitrogen and oxygen atoms in total. The highest BCUT2D eigenvalue weighted by molar-refractivity contribution is 9.10. The van der Waals surface area contributed by atoms with Gasteiger partial charge in [-0.25, -0.2) is 0 Å². The number of nitrogens with one attached hydrogen (secondary N) is 1. The number of carbonyl (C=O) groups excluding carboxylic acids is 2. The van der Waals surface area contributed by atoms with Gasteiger partial charge in [0, 0.05) is 33.5 Å². The second-order valence-electron chi connectivity index (χ2n) is 8.52. The summed E-state index contributed by atoms with van der Waals surface area (Å²) in [7, 11) is 0.